The van der Waals surface area contributed by atoms with Crippen LogP contribution in [0.2, 0.25) is 5.02 Å². The Morgan fingerprint density at radius 1 is 1.16 bits per heavy atom. The molecule has 9 heteroatoms. The first-order valence-corrected chi connectivity index (χ1v) is 11.3. The zero-order valence-corrected chi connectivity index (χ0v) is 19.9. The summed E-state index contributed by atoms with van der Waals surface area (Å²) >= 11 is 7.80. The van der Waals surface area contributed by atoms with Crippen molar-refractivity contribution in [3.8, 4) is 11.4 Å². The van der Waals surface area contributed by atoms with Crippen molar-refractivity contribution >= 4 is 44.2 Å². The lowest BCUT2D eigenvalue weighted by Gasteiger charge is -2.21. The number of hydrogen-bond acceptors (Lipinski definition) is 6. The molecule has 0 spiro atoms. The van der Waals surface area contributed by atoms with Crippen LogP contribution in [0.5, 0.6) is 5.75 Å². The van der Waals surface area contributed by atoms with Crippen molar-refractivity contribution in [1.29, 1.82) is 0 Å². The number of fused-ring (bicyclic) bond motifs is 1. The Hall–Kier alpha value is -2.94. The highest BCUT2D eigenvalue weighted by Crippen LogP contribution is 2.39. The van der Waals surface area contributed by atoms with E-state index >= 15 is 0 Å². The van der Waals surface area contributed by atoms with Gasteiger partial charge in [0.2, 0.25) is 0 Å². The molecule has 1 amide bonds. The zero-order valence-electron chi connectivity index (χ0n) is 18.4. The third-order valence-corrected chi connectivity index (χ3v) is 6.69. The summed E-state index contributed by atoms with van der Waals surface area (Å²) in [5.41, 5.74) is 2.86. The number of likely N-dealkylation sites (N-methyl/N-ethyl adjacent to an activating group) is 1. The smallest absolute Gasteiger partial charge is 0.263 e. The van der Waals surface area contributed by atoms with Gasteiger partial charge in [0, 0.05) is 13.1 Å². The summed E-state index contributed by atoms with van der Waals surface area (Å²) in [6, 6.07) is 13.3. The molecule has 4 aromatic rings. The van der Waals surface area contributed by atoms with Crippen molar-refractivity contribution in [2.24, 2.45) is 0 Å². The molecule has 32 heavy (non-hydrogen) atoms. The van der Waals surface area contributed by atoms with Crippen molar-refractivity contribution in [1.82, 2.24) is 19.7 Å². The average molecular weight is 470 g/mol. The van der Waals surface area contributed by atoms with Gasteiger partial charge in [0.15, 0.2) is 5.13 Å². The number of aromatic nitrogens is 3. The molecule has 0 aliphatic carbocycles. The van der Waals surface area contributed by atoms with Gasteiger partial charge in [-0.05, 0) is 45.3 Å². The Kier molecular flexibility index (Phi) is 6.45. The fourth-order valence-corrected chi connectivity index (χ4v) is 4.68. The molecule has 2 heterocycles. The minimum Gasteiger partial charge on any atom is -0.494 e. The van der Waals surface area contributed by atoms with E-state index in [4.69, 9.17) is 21.3 Å². The molecule has 0 saturated carbocycles. The SMILES string of the molecule is COc1ccc(Cl)c2sc(N(CCN(C)C)C(=O)c3cnn(-c4ccccc4)c3C)nc12. The molecule has 2 aromatic heterocycles. The highest BCUT2D eigenvalue weighted by atomic mass is 35.5. The van der Waals surface area contributed by atoms with Crippen molar-refractivity contribution in [3.63, 3.8) is 0 Å². The number of thiazole rings is 1. The fraction of sp³-hybridized carbons (Fsp3) is 0.261. The minimum atomic E-state index is -0.152. The molecular formula is C23H24ClN5O2S. The molecular weight excluding hydrogens is 446 g/mol. The van der Waals surface area contributed by atoms with Crippen LogP contribution >= 0.6 is 22.9 Å². The van der Waals surface area contributed by atoms with Crippen LogP contribution in [0, 0.1) is 6.92 Å². The molecule has 0 saturated heterocycles. The predicted molar refractivity (Wildman–Crippen MR) is 130 cm³/mol. The van der Waals surface area contributed by atoms with Crippen molar-refractivity contribution in [2.75, 3.05) is 39.2 Å². The first-order chi connectivity index (χ1) is 15.4. The monoisotopic (exact) mass is 469 g/mol. The normalized spacial score (nSPS) is 11.3. The fourth-order valence-electron chi connectivity index (χ4n) is 3.40. The maximum atomic E-state index is 13.7. The number of carbonyl (C=O) groups is 1. The van der Waals surface area contributed by atoms with E-state index < -0.39 is 0 Å². The van der Waals surface area contributed by atoms with Gasteiger partial charge >= 0.3 is 0 Å². The molecule has 0 atom stereocenters. The number of nitrogens with zero attached hydrogens (tertiary/aromatic N) is 5. The average Bonchev–Trinajstić information content (AvgIpc) is 3.39. The molecule has 7 nitrogen and oxygen atoms in total. The third kappa shape index (κ3) is 4.21. The Morgan fingerprint density at radius 3 is 2.59 bits per heavy atom. The lowest BCUT2D eigenvalue weighted by Crippen LogP contribution is -2.37. The van der Waals surface area contributed by atoms with Gasteiger partial charge < -0.3 is 9.64 Å². The third-order valence-electron chi connectivity index (χ3n) is 5.15. The van der Waals surface area contributed by atoms with Crippen LogP contribution in [-0.2, 0) is 0 Å². The molecule has 166 valence electrons. The summed E-state index contributed by atoms with van der Waals surface area (Å²) in [6.45, 7) is 3.05. The summed E-state index contributed by atoms with van der Waals surface area (Å²) in [7, 11) is 5.54. The highest BCUT2D eigenvalue weighted by Gasteiger charge is 2.26. The van der Waals surface area contributed by atoms with Crippen LogP contribution in [0.3, 0.4) is 0 Å². The molecule has 0 aliphatic rings. The number of ether oxygens (including phenoxy) is 1. The standard InChI is InChI=1S/C23H24ClN5O2S/c1-15-17(14-25-29(15)16-8-6-5-7-9-16)22(30)28(13-12-27(2)3)23-26-20-19(31-4)11-10-18(24)21(20)32-23/h5-11,14H,12-13H2,1-4H3. The number of halogens is 1. The van der Waals surface area contributed by atoms with Gasteiger partial charge in [-0.1, -0.05) is 41.1 Å². The number of benzene rings is 2. The van der Waals surface area contributed by atoms with E-state index in [0.29, 0.717) is 40.1 Å². The van der Waals surface area contributed by atoms with Crippen LogP contribution < -0.4 is 9.64 Å². The van der Waals surface area contributed by atoms with E-state index in [2.05, 4.69) is 5.10 Å². The maximum absolute atomic E-state index is 13.7. The van der Waals surface area contributed by atoms with Crippen molar-refractivity contribution < 1.29 is 9.53 Å². The predicted octanol–water partition coefficient (Wildman–Crippen LogP) is 4.66. The van der Waals surface area contributed by atoms with Gasteiger partial charge in [0.1, 0.15) is 11.3 Å². The molecule has 0 aliphatic heterocycles. The molecule has 0 unspecified atom stereocenters. The maximum Gasteiger partial charge on any atom is 0.263 e. The number of hydrogen-bond donors (Lipinski definition) is 0. The lowest BCUT2D eigenvalue weighted by atomic mass is 10.2. The van der Waals surface area contributed by atoms with E-state index in [1.165, 1.54) is 11.3 Å². The second kappa shape index (κ2) is 9.28. The van der Waals surface area contributed by atoms with Crippen LogP contribution in [-0.4, -0.2) is 59.9 Å². The number of anilines is 1. The van der Waals surface area contributed by atoms with E-state index in [1.807, 2.05) is 56.3 Å². The van der Waals surface area contributed by atoms with Crippen LogP contribution in [0.4, 0.5) is 5.13 Å². The topological polar surface area (TPSA) is 63.5 Å². The molecule has 0 bridgehead atoms. The lowest BCUT2D eigenvalue weighted by molar-refractivity contribution is 0.0984. The number of carbonyl (C=O) groups excluding carboxylic acids is 1. The Bertz CT molecular complexity index is 1250. The van der Waals surface area contributed by atoms with Crippen LogP contribution in [0.1, 0.15) is 16.1 Å². The van der Waals surface area contributed by atoms with E-state index in [-0.39, 0.29) is 5.91 Å². The summed E-state index contributed by atoms with van der Waals surface area (Å²) in [6.07, 6.45) is 1.62. The second-order valence-electron chi connectivity index (χ2n) is 7.57. The van der Waals surface area contributed by atoms with Gasteiger partial charge in [-0.3, -0.25) is 9.69 Å². The van der Waals surface area contributed by atoms with E-state index in [1.54, 1.807) is 35.0 Å². The first-order valence-electron chi connectivity index (χ1n) is 10.1. The van der Waals surface area contributed by atoms with Crippen LogP contribution in [0.15, 0.2) is 48.7 Å². The molecule has 0 fully saturated rings. The highest BCUT2D eigenvalue weighted by molar-refractivity contribution is 7.23. The Labute approximate surface area is 195 Å². The van der Waals surface area contributed by atoms with E-state index in [9.17, 15) is 4.79 Å². The van der Waals surface area contributed by atoms with Gasteiger partial charge in [-0.25, -0.2) is 9.67 Å². The Balaban J connectivity index is 1.76. The number of para-hydroxylation sites is 1. The van der Waals surface area contributed by atoms with Gasteiger partial charge in [-0.2, -0.15) is 5.10 Å². The quantitative estimate of drug-likeness (QED) is 0.394. The summed E-state index contributed by atoms with van der Waals surface area (Å²) in [5, 5.41) is 5.62. The largest absolute Gasteiger partial charge is 0.494 e. The molecule has 4 rings (SSSR count). The number of methoxy groups -OCH3 is 1. The molecule has 0 N–H and O–H groups in total. The first kappa shape index (κ1) is 22.3. The minimum absolute atomic E-state index is 0.152. The van der Waals surface area contributed by atoms with Crippen molar-refractivity contribution in [2.45, 2.75) is 6.92 Å². The van der Waals surface area contributed by atoms with Gasteiger partial charge in [-0.15, -0.1) is 0 Å². The Morgan fingerprint density at radius 2 is 1.91 bits per heavy atom. The van der Waals surface area contributed by atoms with Gasteiger partial charge in [0.05, 0.1) is 40.0 Å². The van der Waals surface area contributed by atoms with Gasteiger partial charge in [0.25, 0.3) is 5.91 Å². The summed E-state index contributed by atoms with van der Waals surface area (Å²) < 4.78 is 8.02. The summed E-state index contributed by atoms with van der Waals surface area (Å²) in [4.78, 5) is 22.2. The summed E-state index contributed by atoms with van der Waals surface area (Å²) in [5.74, 6) is 0.473. The number of rotatable bonds is 7. The number of amides is 1. The second-order valence-corrected chi connectivity index (χ2v) is 8.96. The molecule has 0 radical (unpaired) electrons. The zero-order chi connectivity index (χ0) is 22.8. The van der Waals surface area contributed by atoms with E-state index in [0.717, 1.165) is 16.1 Å². The van der Waals surface area contributed by atoms with Crippen molar-refractivity contribution in [3.05, 3.63) is 64.9 Å². The molecule has 2 aromatic carbocycles. The van der Waals surface area contributed by atoms with Crippen LogP contribution in [0.25, 0.3) is 15.9 Å².